The molecule has 0 saturated carbocycles. The fraction of sp³-hybridized carbons (Fsp3) is 0.300. The van der Waals surface area contributed by atoms with Crippen LogP contribution in [-0.2, 0) is 9.59 Å². The third-order valence-electron chi connectivity index (χ3n) is 4.29. The van der Waals surface area contributed by atoms with Crippen LogP contribution >= 0.6 is 0 Å². The van der Waals surface area contributed by atoms with Crippen molar-refractivity contribution >= 4 is 23.2 Å². The highest BCUT2D eigenvalue weighted by atomic mass is 16.5. The van der Waals surface area contributed by atoms with Gasteiger partial charge in [0.2, 0.25) is 11.8 Å². The molecule has 6 heteroatoms. The van der Waals surface area contributed by atoms with Gasteiger partial charge in [0.1, 0.15) is 11.5 Å². The van der Waals surface area contributed by atoms with Gasteiger partial charge in [-0.05, 0) is 43.3 Å². The van der Waals surface area contributed by atoms with E-state index >= 15 is 0 Å². The summed E-state index contributed by atoms with van der Waals surface area (Å²) < 4.78 is 10.6. The highest BCUT2D eigenvalue weighted by Gasteiger charge is 2.35. The van der Waals surface area contributed by atoms with Crippen molar-refractivity contribution in [1.82, 2.24) is 0 Å². The number of amides is 2. The van der Waals surface area contributed by atoms with Crippen molar-refractivity contribution in [2.24, 2.45) is 5.92 Å². The Hall–Kier alpha value is -3.02. The molecule has 1 saturated heterocycles. The molecule has 2 aromatic carbocycles. The van der Waals surface area contributed by atoms with Crippen molar-refractivity contribution < 1.29 is 19.1 Å². The van der Waals surface area contributed by atoms with Crippen LogP contribution in [0.25, 0.3) is 0 Å². The SMILES string of the molecule is CCOc1ccc(N2CC(C(=O)Nc3cccc(OC)c3)CC2=O)cc1. The van der Waals surface area contributed by atoms with E-state index in [1.165, 1.54) is 0 Å². The predicted molar refractivity (Wildman–Crippen MR) is 99.7 cm³/mol. The quantitative estimate of drug-likeness (QED) is 0.866. The van der Waals surface area contributed by atoms with Gasteiger partial charge in [-0.25, -0.2) is 0 Å². The normalized spacial score (nSPS) is 16.5. The number of anilines is 2. The Morgan fingerprint density at radius 3 is 2.65 bits per heavy atom. The lowest BCUT2D eigenvalue weighted by Gasteiger charge is -2.17. The summed E-state index contributed by atoms with van der Waals surface area (Å²) in [7, 11) is 1.57. The first-order valence-electron chi connectivity index (χ1n) is 8.59. The van der Waals surface area contributed by atoms with Crippen LogP contribution in [0.15, 0.2) is 48.5 Å². The third-order valence-corrected chi connectivity index (χ3v) is 4.29. The molecule has 1 N–H and O–H groups in total. The van der Waals surface area contributed by atoms with E-state index in [2.05, 4.69) is 5.32 Å². The minimum Gasteiger partial charge on any atom is -0.497 e. The first kappa shape index (κ1) is 17.8. The standard InChI is InChI=1S/C20H22N2O4/c1-3-26-17-9-7-16(8-10-17)22-13-14(11-19(22)23)20(24)21-15-5-4-6-18(12-15)25-2/h4-10,12,14H,3,11,13H2,1-2H3,(H,21,24). The van der Waals surface area contributed by atoms with Crippen LogP contribution in [0.4, 0.5) is 11.4 Å². The van der Waals surface area contributed by atoms with E-state index in [9.17, 15) is 9.59 Å². The lowest BCUT2D eigenvalue weighted by Crippen LogP contribution is -2.28. The number of benzene rings is 2. The van der Waals surface area contributed by atoms with E-state index in [1.807, 2.05) is 37.3 Å². The molecule has 2 amide bonds. The van der Waals surface area contributed by atoms with E-state index in [0.29, 0.717) is 24.6 Å². The van der Waals surface area contributed by atoms with Crippen molar-refractivity contribution in [1.29, 1.82) is 0 Å². The lowest BCUT2D eigenvalue weighted by molar-refractivity contribution is -0.122. The highest BCUT2D eigenvalue weighted by molar-refractivity contribution is 6.03. The number of carbonyl (C=O) groups is 2. The van der Waals surface area contributed by atoms with Crippen LogP contribution in [-0.4, -0.2) is 32.1 Å². The van der Waals surface area contributed by atoms with Gasteiger partial charge >= 0.3 is 0 Å². The Kier molecular flexibility index (Phi) is 5.41. The maximum Gasteiger partial charge on any atom is 0.229 e. The van der Waals surface area contributed by atoms with Crippen LogP contribution < -0.4 is 19.7 Å². The van der Waals surface area contributed by atoms with Gasteiger partial charge in [-0.15, -0.1) is 0 Å². The summed E-state index contributed by atoms with van der Waals surface area (Å²) in [5.74, 6) is 0.816. The molecular formula is C20H22N2O4. The minimum atomic E-state index is -0.389. The Bertz CT molecular complexity index is 789. The molecule has 1 aliphatic heterocycles. The number of hydrogen-bond donors (Lipinski definition) is 1. The van der Waals surface area contributed by atoms with Crippen molar-refractivity contribution in [3.63, 3.8) is 0 Å². The number of nitrogens with one attached hydrogen (secondary N) is 1. The topological polar surface area (TPSA) is 67.9 Å². The lowest BCUT2D eigenvalue weighted by atomic mass is 10.1. The molecule has 2 aromatic rings. The summed E-state index contributed by atoms with van der Waals surface area (Å²) in [4.78, 5) is 26.5. The number of nitrogens with zero attached hydrogens (tertiary/aromatic N) is 1. The summed E-state index contributed by atoms with van der Waals surface area (Å²) >= 11 is 0. The molecule has 0 radical (unpaired) electrons. The summed E-state index contributed by atoms with van der Waals surface area (Å²) in [6.45, 7) is 2.88. The van der Waals surface area contributed by atoms with E-state index in [-0.39, 0.29) is 24.2 Å². The van der Waals surface area contributed by atoms with Gasteiger partial charge < -0.3 is 19.7 Å². The van der Waals surface area contributed by atoms with Crippen LogP contribution in [0.5, 0.6) is 11.5 Å². The molecule has 1 aliphatic rings. The van der Waals surface area contributed by atoms with E-state index < -0.39 is 0 Å². The Morgan fingerprint density at radius 2 is 1.96 bits per heavy atom. The van der Waals surface area contributed by atoms with Crippen molar-refractivity contribution in [3.8, 4) is 11.5 Å². The summed E-state index contributed by atoms with van der Waals surface area (Å²) in [5.41, 5.74) is 1.43. The van der Waals surface area contributed by atoms with Gasteiger partial charge in [-0.2, -0.15) is 0 Å². The number of ether oxygens (including phenoxy) is 2. The molecule has 1 fully saturated rings. The van der Waals surface area contributed by atoms with E-state index in [4.69, 9.17) is 9.47 Å². The van der Waals surface area contributed by atoms with Gasteiger partial charge in [0.05, 0.1) is 19.6 Å². The average Bonchev–Trinajstić information content (AvgIpc) is 3.05. The summed E-state index contributed by atoms with van der Waals surface area (Å²) in [6, 6.07) is 14.5. The Balaban J connectivity index is 1.65. The van der Waals surface area contributed by atoms with E-state index in [0.717, 1.165) is 11.4 Å². The molecule has 3 rings (SSSR count). The van der Waals surface area contributed by atoms with Crippen LogP contribution in [0.2, 0.25) is 0 Å². The van der Waals surface area contributed by atoms with E-state index in [1.54, 1.807) is 30.2 Å². The molecule has 136 valence electrons. The molecule has 1 heterocycles. The zero-order valence-corrected chi connectivity index (χ0v) is 14.9. The zero-order valence-electron chi connectivity index (χ0n) is 14.9. The van der Waals surface area contributed by atoms with Crippen molar-refractivity contribution in [2.45, 2.75) is 13.3 Å². The van der Waals surface area contributed by atoms with Gasteiger partial charge in [0.15, 0.2) is 0 Å². The molecular weight excluding hydrogens is 332 g/mol. The fourth-order valence-corrected chi connectivity index (χ4v) is 2.97. The molecule has 1 unspecified atom stereocenters. The molecule has 1 atom stereocenters. The minimum absolute atomic E-state index is 0.0556. The van der Waals surface area contributed by atoms with Gasteiger partial charge in [0.25, 0.3) is 0 Å². The molecule has 0 aliphatic carbocycles. The monoisotopic (exact) mass is 354 g/mol. The second-order valence-corrected chi connectivity index (χ2v) is 6.05. The number of rotatable bonds is 6. The second kappa shape index (κ2) is 7.91. The van der Waals surface area contributed by atoms with Crippen molar-refractivity contribution in [2.75, 3.05) is 30.5 Å². The smallest absolute Gasteiger partial charge is 0.229 e. The number of methoxy groups -OCH3 is 1. The molecule has 26 heavy (non-hydrogen) atoms. The van der Waals surface area contributed by atoms with Crippen molar-refractivity contribution in [3.05, 3.63) is 48.5 Å². The maximum absolute atomic E-state index is 12.5. The van der Waals surface area contributed by atoms with Crippen LogP contribution in [0, 0.1) is 5.92 Å². The van der Waals surface area contributed by atoms with Gasteiger partial charge in [0, 0.05) is 30.4 Å². The predicted octanol–water partition coefficient (Wildman–Crippen LogP) is 3.09. The first-order valence-corrected chi connectivity index (χ1v) is 8.59. The average molecular weight is 354 g/mol. The number of hydrogen-bond acceptors (Lipinski definition) is 4. The van der Waals surface area contributed by atoms with Crippen LogP contribution in [0.3, 0.4) is 0 Å². The second-order valence-electron chi connectivity index (χ2n) is 6.05. The van der Waals surface area contributed by atoms with Gasteiger partial charge in [-0.1, -0.05) is 6.07 Å². The summed E-state index contributed by atoms with van der Waals surface area (Å²) in [5, 5.41) is 2.86. The number of carbonyl (C=O) groups excluding carboxylic acids is 2. The first-order chi connectivity index (χ1) is 12.6. The maximum atomic E-state index is 12.5. The summed E-state index contributed by atoms with van der Waals surface area (Å²) in [6.07, 6.45) is 0.197. The molecule has 0 bridgehead atoms. The highest BCUT2D eigenvalue weighted by Crippen LogP contribution is 2.28. The largest absolute Gasteiger partial charge is 0.497 e. The fourth-order valence-electron chi connectivity index (χ4n) is 2.97. The Morgan fingerprint density at radius 1 is 1.19 bits per heavy atom. The zero-order chi connectivity index (χ0) is 18.5. The van der Waals surface area contributed by atoms with Crippen LogP contribution in [0.1, 0.15) is 13.3 Å². The van der Waals surface area contributed by atoms with Gasteiger partial charge in [-0.3, -0.25) is 9.59 Å². The molecule has 6 nitrogen and oxygen atoms in total. The molecule has 0 spiro atoms. The third kappa shape index (κ3) is 3.96. The Labute approximate surface area is 152 Å². The molecule has 0 aromatic heterocycles.